The highest BCUT2D eigenvalue weighted by molar-refractivity contribution is 6.30. The third-order valence-electron chi connectivity index (χ3n) is 3.94. The number of para-hydroxylation sites is 1. The summed E-state index contributed by atoms with van der Waals surface area (Å²) >= 11 is 5.91. The van der Waals surface area contributed by atoms with Gasteiger partial charge in [-0.3, -0.25) is 9.88 Å². The fourth-order valence-electron chi connectivity index (χ4n) is 2.59. The molecule has 0 aliphatic rings. The second-order valence-electron chi connectivity index (χ2n) is 6.17. The van der Waals surface area contributed by atoms with E-state index >= 15 is 0 Å². The summed E-state index contributed by atoms with van der Waals surface area (Å²) in [4.78, 5) is 27.2. The Kier molecular flexibility index (Phi) is 6.76. The zero-order chi connectivity index (χ0) is 21.5. The number of hydrogen-bond donors (Lipinski definition) is 3. The molecular weight excluding hydrogens is 412 g/mol. The number of hydrogen-bond acceptors (Lipinski definition) is 5. The quantitative estimate of drug-likeness (QED) is 0.471. The van der Waals surface area contributed by atoms with E-state index in [-0.39, 0.29) is 25.0 Å². The van der Waals surface area contributed by atoms with E-state index in [0.717, 1.165) is 5.56 Å². The van der Waals surface area contributed by atoms with E-state index in [2.05, 4.69) is 20.4 Å². The van der Waals surface area contributed by atoms with E-state index in [1.807, 2.05) is 25.1 Å². The van der Waals surface area contributed by atoms with Gasteiger partial charge in [-0.15, -0.1) is 0 Å². The molecule has 0 aliphatic heterocycles. The van der Waals surface area contributed by atoms with Crippen molar-refractivity contribution in [2.75, 3.05) is 17.2 Å². The van der Waals surface area contributed by atoms with Crippen molar-refractivity contribution >= 4 is 35.3 Å². The van der Waals surface area contributed by atoms with Crippen molar-refractivity contribution < 1.29 is 24.2 Å². The second kappa shape index (κ2) is 9.66. The van der Waals surface area contributed by atoms with E-state index in [1.165, 1.54) is 10.8 Å². The largest absolute Gasteiger partial charge is 0.513 e. The molecule has 9 nitrogen and oxygen atoms in total. The Bertz CT molecular complexity index is 1040. The number of ether oxygens (including phenoxy) is 2. The van der Waals surface area contributed by atoms with Crippen LogP contribution in [0.4, 0.5) is 21.1 Å². The maximum absolute atomic E-state index is 12.3. The molecule has 10 heteroatoms. The van der Waals surface area contributed by atoms with Crippen molar-refractivity contribution in [2.45, 2.75) is 13.5 Å². The first-order valence-corrected chi connectivity index (χ1v) is 9.28. The number of carboxylic acid groups (broad SMARTS) is 1. The molecule has 1 aromatic heterocycles. The number of nitrogens with one attached hydrogen (secondary N) is 2. The molecule has 0 spiro atoms. The zero-order valence-electron chi connectivity index (χ0n) is 16.0. The Hall–Kier alpha value is -3.72. The number of aromatic nitrogens is 2. The summed E-state index contributed by atoms with van der Waals surface area (Å²) in [6, 6.07) is 13.5. The topological polar surface area (TPSA) is 115 Å². The lowest BCUT2D eigenvalue weighted by Crippen LogP contribution is -2.20. The Morgan fingerprint density at radius 3 is 2.63 bits per heavy atom. The monoisotopic (exact) mass is 430 g/mol. The standard InChI is InChI=1S/C20H19ClN4O5/c1-13-11-14(21)7-8-16(13)22-18(26)23-17-12-25(19(24-17)30-20(27)28)9-10-29-15-5-3-2-4-6-15/h2-8,11-12H,9-10H2,1H3,(H,27,28)(H2,22,23,26). The third-order valence-corrected chi connectivity index (χ3v) is 4.18. The molecule has 0 saturated carbocycles. The number of imidazole rings is 1. The first kappa shape index (κ1) is 21.0. The van der Waals surface area contributed by atoms with Crippen molar-refractivity contribution in [1.29, 1.82) is 0 Å². The minimum Gasteiger partial charge on any atom is -0.492 e. The van der Waals surface area contributed by atoms with Crippen LogP contribution in [0.5, 0.6) is 11.8 Å². The molecule has 30 heavy (non-hydrogen) atoms. The molecule has 0 unspecified atom stereocenters. The molecule has 0 radical (unpaired) electrons. The summed E-state index contributed by atoms with van der Waals surface area (Å²) in [6.07, 6.45) is -0.0559. The summed E-state index contributed by atoms with van der Waals surface area (Å²) in [7, 11) is 0. The molecule has 0 saturated heterocycles. The number of halogens is 1. The van der Waals surface area contributed by atoms with Gasteiger partial charge in [0.2, 0.25) is 0 Å². The highest BCUT2D eigenvalue weighted by Crippen LogP contribution is 2.21. The van der Waals surface area contributed by atoms with E-state index in [9.17, 15) is 9.59 Å². The smallest absolute Gasteiger partial charge is 0.492 e. The average Bonchev–Trinajstić information content (AvgIpc) is 3.05. The van der Waals surface area contributed by atoms with Crippen LogP contribution in [0.25, 0.3) is 0 Å². The molecule has 2 aromatic carbocycles. The van der Waals surface area contributed by atoms with Gasteiger partial charge in [0.15, 0.2) is 5.82 Å². The van der Waals surface area contributed by atoms with Gasteiger partial charge in [0.1, 0.15) is 12.4 Å². The normalized spacial score (nSPS) is 10.3. The fraction of sp³-hybridized carbons (Fsp3) is 0.150. The van der Waals surface area contributed by atoms with Crippen LogP contribution in [0.1, 0.15) is 5.56 Å². The Morgan fingerprint density at radius 2 is 1.93 bits per heavy atom. The summed E-state index contributed by atoms with van der Waals surface area (Å²) in [5.41, 5.74) is 1.37. The lowest BCUT2D eigenvalue weighted by Gasteiger charge is -2.09. The molecule has 1 heterocycles. The van der Waals surface area contributed by atoms with Crippen LogP contribution in [0, 0.1) is 6.92 Å². The Morgan fingerprint density at radius 1 is 1.17 bits per heavy atom. The lowest BCUT2D eigenvalue weighted by molar-refractivity contribution is 0.137. The minimum atomic E-state index is -1.52. The van der Waals surface area contributed by atoms with Crippen molar-refractivity contribution in [1.82, 2.24) is 9.55 Å². The Labute approximate surface area is 177 Å². The zero-order valence-corrected chi connectivity index (χ0v) is 16.7. The summed E-state index contributed by atoms with van der Waals surface area (Å²) in [5, 5.41) is 14.7. The molecule has 2 amide bonds. The van der Waals surface area contributed by atoms with Crippen LogP contribution < -0.4 is 20.1 Å². The number of nitrogens with zero attached hydrogens (tertiary/aromatic N) is 2. The average molecular weight is 431 g/mol. The fourth-order valence-corrected chi connectivity index (χ4v) is 2.82. The van der Waals surface area contributed by atoms with E-state index in [4.69, 9.17) is 21.4 Å². The van der Waals surface area contributed by atoms with Crippen LogP contribution >= 0.6 is 11.6 Å². The predicted molar refractivity (Wildman–Crippen MR) is 112 cm³/mol. The number of benzene rings is 2. The summed E-state index contributed by atoms with van der Waals surface area (Å²) < 4.78 is 11.7. The SMILES string of the molecule is Cc1cc(Cl)ccc1NC(=O)Nc1cn(CCOc2ccccc2)c(OC(=O)O)n1. The number of urea groups is 1. The highest BCUT2D eigenvalue weighted by Gasteiger charge is 2.15. The number of amides is 2. The number of carbonyl (C=O) groups excluding carboxylic acids is 1. The van der Waals surface area contributed by atoms with Crippen molar-refractivity contribution in [3.63, 3.8) is 0 Å². The minimum absolute atomic E-state index is 0.120. The van der Waals surface area contributed by atoms with Crippen LogP contribution in [0.3, 0.4) is 0 Å². The summed E-state index contributed by atoms with van der Waals surface area (Å²) in [5.74, 6) is 0.796. The molecule has 3 aromatic rings. The first-order valence-electron chi connectivity index (χ1n) is 8.90. The number of carbonyl (C=O) groups is 2. The van der Waals surface area contributed by atoms with Crippen LogP contribution in [-0.2, 0) is 6.54 Å². The van der Waals surface area contributed by atoms with Crippen molar-refractivity contribution in [2.24, 2.45) is 0 Å². The highest BCUT2D eigenvalue weighted by atomic mass is 35.5. The van der Waals surface area contributed by atoms with Crippen LogP contribution in [0.15, 0.2) is 54.7 Å². The number of aryl methyl sites for hydroxylation is 1. The Balaban J connectivity index is 1.65. The summed E-state index contributed by atoms with van der Waals surface area (Å²) in [6.45, 7) is 2.30. The lowest BCUT2D eigenvalue weighted by atomic mass is 10.2. The van der Waals surface area contributed by atoms with E-state index in [0.29, 0.717) is 16.5 Å². The van der Waals surface area contributed by atoms with Gasteiger partial charge in [0.05, 0.1) is 12.7 Å². The third kappa shape index (κ3) is 5.89. The van der Waals surface area contributed by atoms with Gasteiger partial charge in [-0.1, -0.05) is 29.8 Å². The molecule has 0 bridgehead atoms. The van der Waals surface area contributed by atoms with E-state index in [1.54, 1.807) is 30.3 Å². The van der Waals surface area contributed by atoms with E-state index < -0.39 is 12.2 Å². The maximum atomic E-state index is 12.3. The maximum Gasteiger partial charge on any atom is 0.513 e. The van der Waals surface area contributed by atoms with Gasteiger partial charge in [-0.25, -0.2) is 9.59 Å². The molecular formula is C20H19ClN4O5. The van der Waals surface area contributed by atoms with Crippen molar-refractivity contribution in [3.8, 4) is 11.8 Å². The van der Waals surface area contributed by atoms with Gasteiger partial charge in [0, 0.05) is 10.7 Å². The molecule has 156 valence electrons. The number of rotatable bonds is 7. The van der Waals surface area contributed by atoms with Gasteiger partial charge >= 0.3 is 18.2 Å². The second-order valence-corrected chi connectivity index (χ2v) is 6.61. The molecule has 0 atom stereocenters. The molecule has 3 N–H and O–H groups in total. The molecule has 0 aliphatic carbocycles. The van der Waals surface area contributed by atoms with Crippen LogP contribution in [0.2, 0.25) is 5.02 Å². The van der Waals surface area contributed by atoms with Gasteiger partial charge in [-0.05, 0) is 42.8 Å². The van der Waals surface area contributed by atoms with Gasteiger partial charge in [0.25, 0.3) is 0 Å². The van der Waals surface area contributed by atoms with Gasteiger partial charge < -0.3 is 19.9 Å². The first-order chi connectivity index (χ1) is 14.4. The van der Waals surface area contributed by atoms with Crippen LogP contribution in [-0.4, -0.2) is 33.5 Å². The molecule has 0 fully saturated rings. The van der Waals surface area contributed by atoms with Crippen molar-refractivity contribution in [3.05, 3.63) is 65.3 Å². The number of anilines is 2. The van der Waals surface area contributed by atoms with Gasteiger partial charge in [-0.2, -0.15) is 4.98 Å². The molecule has 3 rings (SSSR count). The predicted octanol–water partition coefficient (Wildman–Crippen LogP) is 4.62.